The zero-order valence-corrected chi connectivity index (χ0v) is 56.4. The number of carbonyl (C=O) groups is 6. The number of amides is 2. The van der Waals surface area contributed by atoms with Crippen LogP contribution in [0.3, 0.4) is 0 Å². The molecule has 0 spiro atoms. The molecule has 1 aliphatic carbocycles. The van der Waals surface area contributed by atoms with Gasteiger partial charge in [-0.05, 0) is 140 Å². The summed E-state index contributed by atoms with van der Waals surface area (Å²) < 4.78 is 33.4. The first-order valence-corrected chi connectivity index (χ1v) is 35.0. The number of esters is 2. The molecule has 0 radical (unpaired) electrons. The molecule has 15 heteroatoms. The molecule has 86 heavy (non-hydrogen) atoms. The molecular formula is C71H121N2O12P. The van der Waals surface area contributed by atoms with Crippen LogP contribution in [0.4, 0.5) is 0 Å². The summed E-state index contributed by atoms with van der Waals surface area (Å²) in [4.78, 5) is 81.3. The lowest BCUT2D eigenvalue weighted by molar-refractivity contribution is -0.161. The molecule has 0 fully saturated rings. The largest absolute Gasteiger partial charge is 0.472 e. The van der Waals surface area contributed by atoms with Gasteiger partial charge >= 0.3 is 19.8 Å². The average molecular weight is 1230 g/mol. The Morgan fingerprint density at radius 3 is 1.63 bits per heavy atom. The number of nitrogens with one attached hydrogen (secondary N) is 2. The van der Waals surface area contributed by atoms with Gasteiger partial charge in [0.15, 0.2) is 11.9 Å². The Morgan fingerprint density at radius 2 is 1.10 bits per heavy atom. The van der Waals surface area contributed by atoms with Crippen LogP contribution in [0.15, 0.2) is 83.1 Å². The maximum absolute atomic E-state index is 12.7. The Labute approximate surface area is 522 Å². The topological polar surface area (TPSA) is 201 Å². The van der Waals surface area contributed by atoms with Crippen molar-refractivity contribution in [2.45, 2.75) is 293 Å². The summed E-state index contributed by atoms with van der Waals surface area (Å²) in [6.45, 7) is 17.6. The Morgan fingerprint density at radius 1 is 0.593 bits per heavy atom. The van der Waals surface area contributed by atoms with E-state index in [-0.39, 0.29) is 80.8 Å². The summed E-state index contributed by atoms with van der Waals surface area (Å²) >= 11 is 0. The highest BCUT2D eigenvalue weighted by Crippen LogP contribution is 2.43. The maximum atomic E-state index is 12.7. The summed E-state index contributed by atoms with van der Waals surface area (Å²) in [6, 6.07) is 0. The van der Waals surface area contributed by atoms with Gasteiger partial charge in [-0.25, -0.2) is 4.57 Å². The summed E-state index contributed by atoms with van der Waals surface area (Å²) in [5.74, 6) is -1.55. The van der Waals surface area contributed by atoms with Crippen molar-refractivity contribution < 1.29 is 56.7 Å². The second-order valence-corrected chi connectivity index (χ2v) is 25.5. The average Bonchev–Trinajstić information content (AvgIpc) is 2.56. The minimum atomic E-state index is -4.50. The number of hydrogen-bond acceptors (Lipinski definition) is 11. The first-order valence-electron chi connectivity index (χ1n) is 33.5. The van der Waals surface area contributed by atoms with E-state index in [1.54, 1.807) is 6.08 Å². The van der Waals surface area contributed by atoms with Gasteiger partial charge in [0, 0.05) is 38.6 Å². The van der Waals surface area contributed by atoms with E-state index in [2.05, 4.69) is 88.6 Å². The number of ether oxygens (including phenoxy) is 2. The zero-order chi connectivity index (χ0) is 63.9. The first-order chi connectivity index (χ1) is 41.2. The van der Waals surface area contributed by atoms with Crippen LogP contribution in [0.2, 0.25) is 0 Å². The molecule has 0 aliphatic heterocycles. The lowest BCUT2D eigenvalue weighted by atomic mass is 9.72. The summed E-state index contributed by atoms with van der Waals surface area (Å²) in [5.41, 5.74) is 5.15. The third-order valence-electron chi connectivity index (χ3n) is 14.9. The SMILES string of the molecule is CC(=O)CNC(=O)CCC(=O)/C=C(C)/C=C/C=C(C)/C=C/C1=C(C)CCCC1(C)C.CCCCCCCC/C=C\CCCCCCCC(=O)OC[C@H](COP(=O)(O)OCCNC(=O)CCC)OC(=O)CCCCCCC/C=C\CCCCCCCC. The van der Waals surface area contributed by atoms with Crippen molar-refractivity contribution in [3.63, 3.8) is 0 Å². The number of hydrogen-bond donors (Lipinski definition) is 3. The van der Waals surface area contributed by atoms with Crippen molar-refractivity contribution in [2.24, 2.45) is 5.41 Å². The van der Waals surface area contributed by atoms with Crippen molar-refractivity contribution in [1.82, 2.24) is 10.6 Å². The highest BCUT2D eigenvalue weighted by Gasteiger charge is 2.27. The molecule has 0 aromatic carbocycles. The Balaban J connectivity index is 0.00000201. The van der Waals surface area contributed by atoms with Crippen LogP contribution in [-0.2, 0) is 51.9 Å². The van der Waals surface area contributed by atoms with Gasteiger partial charge in [-0.2, -0.15) is 0 Å². The van der Waals surface area contributed by atoms with Crippen LogP contribution >= 0.6 is 7.82 Å². The second kappa shape index (κ2) is 54.6. The number of Topliss-reactive ketones (excluding diaryl/α,β-unsaturated/α-hetero) is 1. The quantitative estimate of drug-likeness (QED) is 0.0130. The summed E-state index contributed by atoms with van der Waals surface area (Å²) in [5, 5.41) is 5.09. The molecule has 3 N–H and O–H groups in total. The fourth-order valence-corrected chi connectivity index (χ4v) is 10.5. The predicted molar refractivity (Wildman–Crippen MR) is 353 cm³/mol. The minimum Gasteiger partial charge on any atom is -0.462 e. The van der Waals surface area contributed by atoms with Gasteiger partial charge in [-0.3, -0.25) is 37.8 Å². The zero-order valence-electron chi connectivity index (χ0n) is 55.5. The second-order valence-electron chi connectivity index (χ2n) is 24.0. The van der Waals surface area contributed by atoms with Gasteiger partial charge < -0.3 is 25.0 Å². The van der Waals surface area contributed by atoms with Gasteiger partial charge in [0.1, 0.15) is 12.4 Å². The first kappa shape index (κ1) is 81.5. The fourth-order valence-electron chi connectivity index (χ4n) is 9.74. The van der Waals surface area contributed by atoms with E-state index in [0.29, 0.717) is 25.7 Å². The molecule has 0 aromatic rings. The van der Waals surface area contributed by atoms with E-state index in [4.69, 9.17) is 18.5 Å². The Hall–Kier alpha value is -4.49. The van der Waals surface area contributed by atoms with Crippen molar-refractivity contribution in [3.05, 3.63) is 83.1 Å². The monoisotopic (exact) mass is 1220 g/mol. The molecule has 492 valence electrons. The highest BCUT2D eigenvalue weighted by molar-refractivity contribution is 7.47. The van der Waals surface area contributed by atoms with E-state index in [1.807, 2.05) is 32.1 Å². The van der Waals surface area contributed by atoms with Crippen LogP contribution < -0.4 is 10.6 Å². The van der Waals surface area contributed by atoms with E-state index in [0.717, 1.165) is 75.4 Å². The Bertz CT molecular complexity index is 2140. The molecule has 0 bridgehead atoms. The van der Waals surface area contributed by atoms with Crippen LogP contribution in [0.25, 0.3) is 0 Å². The van der Waals surface area contributed by atoms with Crippen LogP contribution in [0, 0.1) is 5.41 Å². The van der Waals surface area contributed by atoms with E-state index in [9.17, 15) is 38.2 Å². The lowest BCUT2D eigenvalue weighted by Gasteiger charge is -2.32. The highest BCUT2D eigenvalue weighted by atomic mass is 31.2. The third-order valence-corrected chi connectivity index (χ3v) is 15.9. The maximum Gasteiger partial charge on any atom is 0.472 e. The number of allylic oxidation sites excluding steroid dienone is 14. The molecule has 0 aromatic heterocycles. The summed E-state index contributed by atoms with van der Waals surface area (Å²) in [6.07, 6.45) is 55.5. The van der Waals surface area contributed by atoms with Gasteiger partial charge in [0.2, 0.25) is 11.8 Å². The minimum absolute atomic E-state index is 0.0130. The van der Waals surface area contributed by atoms with Gasteiger partial charge in [0.05, 0.1) is 19.8 Å². The molecule has 0 saturated heterocycles. The van der Waals surface area contributed by atoms with E-state index < -0.39 is 32.5 Å². The van der Waals surface area contributed by atoms with Crippen LogP contribution in [0.5, 0.6) is 0 Å². The fraction of sp³-hybridized carbons (Fsp3) is 0.718. The molecule has 14 nitrogen and oxygen atoms in total. The summed E-state index contributed by atoms with van der Waals surface area (Å²) in [7, 11) is -4.50. The third kappa shape index (κ3) is 51.5. The molecular weight excluding hydrogens is 1100 g/mol. The lowest BCUT2D eigenvalue weighted by Crippen LogP contribution is -2.30. The standard InChI is InChI=1S/C45H84NO9P.C26H37NO3/c1-4-7-9-11-13-15-17-19-21-23-25-27-29-31-33-36-44(48)52-40-42(41-54-56(50,51)53-39-38-46-43(47)35-6-3)55-45(49)37-34-32-30-28-26-24-22-20-18-16-14-12-10-8-5-2;1-19(12-14-24-21(3)11-8-16-26(24,5)6)9-7-10-20(2)17-23(29)13-15-25(30)27-18-22(4)28/h19-22,42H,4-18,23-41H2,1-3H3,(H,46,47)(H,50,51);7,9-10,12,14,17H,8,11,13,15-16,18H2,1-6H3,(H,27,30)/b21-19-,22-20-;10-7+,14-12+,19-9+,20-17+/t42-;/m1./s1. The predicted octanol–water partition coefficient (Wildman–Crippen LogP) is 18.1. The van der Waals surface area contributed by atoms with Crippen molar-refractivity contribution in [3.8, 4) is 0 Å². The van der Waals surface area contributed by atoms with Gasteiger partial charge in [0.25, 0.3) is 0 Å². The molecule has 2 atom stereocenters. The van der Waals surface area contributed by atoms with E-state index >= 15 is 0 Å². The van der Waals surface area contributed by atoms with Crippen molar-refractivity contribution >= 4 is 43.1 Å². The number of carbonyl (C=O) groups excluding carboxylic acids is 6. The number of phosphoric acid groups is 1. The van der Waals surface area contributed by atoms with Crippen molar-refractivity contribution in [1.29, 1.82) is 0 Å². The van der Waals surface area contributed by atoms with Gasteiger partial charge in [-0.1, -0.05) is 203 Å². The molecule has 1 aliphatic rings. The molecule has 1 unspecified atom stereocenters. The number of rotatable bonds is 52. The van der Waals surface area contributed by atoms with Gasteiger partial charge in [-0.15, -0.1) is 0 Å². The normalized spacial score (nSPS) is 14.8. The molecule has 0 heterocycles. The number of unbranched alkanes of at least 4 members (excludes halogenated alkanes) is 22. The molecule has 1 rings (SSSR count). The van der Waals surface area contributed by atoms with Crippen LogP contribution in [0.1, 0.15) is 287 Å². The smallest absolute Gasteiger partial charge is 0.462 e. The molecule has 0 saturated carbocycles. The molecule has 2 amide bonds. The number of ketones is 2. The Kier molecular flexibility index (Phi) is 51.8. The van der Waals surface area contributed by atoms with Crippen LogP contribution in [-0.4, -0.2) is 79.2 Å². The number of phosphoric ester groups is 1. The van der Waals surface area contributed by atoms with E-state index in [1.165, 1.54) is 127 Å². The van der Waals surface area contributed by atoms with Crippen molar-refractivity contribution in [2.75, 3.05) is 32.9 Å².